The van der Waals surface area contributed by atoms with E-state index in [4.69, 9.17) is 9.47 Å². The molecule has 0 saturated heterocycles. The number of aromatic nitrogens is 1. The van der Waals surface area contributed by atoms with E-state index >= 15 is 0 Å². The molecule has 2 N–H and O–H groups in total. The summed E-state index contributed by atoms with van der Waals surface area (Å²) in [6.07, 6.45) is -0.529. The monoisotopic (exact) mass is 344 g/mol. The molecule has 7 heteroatoms. The molecular weight excluding hydrogens is 324 g/mol. The van der Waals surface area contributed by atoms with Gasteiger partial charge >= 0.3 is 6.09 Å². The Labute approximate surface area is 144 Å². The number of benzene rings is 1. The van der Waals surface area contributed by atoms with E-state index in [2.05, 4.69) is 4.98 Å². The van der Waals surface area contributed by atoms with Gasteiger partial charge < -0.3 is 19.6 Å². The van der Waals surface area contributed by atoms with Crippen LogP contribution >= 0.6 is 0 Å². The van der Waals surface area contributed by atoms with Gasteiger partial charge in [0.25, 0.3) is 0 Å². The van der Waals surface area contributed by atoms with Gasteiger partial charge in [0, 0.05) is 16.5 Å². The number of nitrogens with zero attached hydrogens (tertiary/aromatic N) is 1. The summed E-state index contributed by atoms with van der Waals surface area (Å²) >= 11 is 0. The van der Waals surface area contributed by atoms with Crippen molar-refractivity contribution in [3.63, 3.8) is 0 Å². The van der Waals surface area contributed by atoms with E-state index in [9.17, 15) is 14.7 Å². The predicted molar refractivity (Wildman–Crippen MR) is 92.5 cm³/mol. The highest BCUT2D eigenvalue weighted by Gasteiger charge is 2.30. The lowest BCUT2D eigenvalue weighted by Gasteiger charge is -2.20. The maximum Gasteiger partial charge on any atom is 0.410 e. The van der Waals surface area contributed by atoms with E-state index in [1.54, 1.807) is 20.1 Å². The summed E-state index contributed by atoms with van der Waals surface area (Å²) in [5.74, 6) is 0.233. The molecule has 25 heavy (non-hydrogen) atoms. The van der Waals surface area contributed by atoms with Crippen LogP contribution in [0.25, 0.3) is 16.7 Å². The summed E-state index contributed by atoms with van der Waals surface area (Å²) in [4.78, 5) is 28.8. The van der Waals surface area contributed by atoms with Crippen LogP contribution < -0.4 is 4.74 Å². The molecule has 2 aromatic rings. The van der Waals surface area contributed by atoms with Gasteiger partial charge in [0.15, 0.2) is 5.78 Å². The van der Waals surface area contributed by atoms with Crippen LogP contribution in [-0.4, -0.2) is 47.1 Å². The Kier molecular flexibility index (Phi) is 4.39. The molecule has 1 aromatic heterocycles. The molecular formula is C18H20N2O5. The second-order valence-corrected chi connectivity index (χ2v) is 5.83. The molecule has 7 nitrogen and oxygen atoms in total. The van der Waals surface area contributed by atoms with Crippen LogP contribution in [0.5, 0.6) is 5.75 Å². The fourth-order valence-corrected chi connectivity index (χ4v) is 3.01. The summed E-state index contributed by atoms with van der Waals surface area (Å²) in [7, 11) is 1.57. The summed E-state index contributed by atoms with van der Waals surface area (Å²) < 4.78 is 10.4. The van der Waals surface area contributed by atoms with Crippen molar-refractivity contribution >= 4 is 28.5 Å². The van der Waals surface area contributed by atoms with Crippen molar-refractivity contribution < 1.29 is 24.2 Å². The van der Waals surface area contributed by atoms with Crippen molar-refractivity contribution in [1.29, 1.82) is 0 Å². The molecule has 0 fully saturated rings. The van der Waals surface area contributed by atoms with Gasteiger partial charge in [-0.2, -0.15) is 0 Å². The number of methoxy groups -OCH3 is 1. The van der Waals surface area contributed by atoms with Crippen LogP contribution in [0.3, 0.4) is 0 Å². The van der Waals surface area contributed by atoms with Gasteiger partial charge in [-0.3, -0.25) is 9.69 Å². The first-order valence-electron chi connectivity index (χ1n) is 8.00. The molecule has 0 unspecified atom stereocenters. The Bertz CT molecular complexity index is 881. The number of hydrogen-bond donors (Lipinski definition) is 2. The Hall–Kier alpha value is -2.96. The molecule has 0 radical (unpaired) electrons. The van der Waals surface area contributed by atoms with Gasteiger partial charge in [-0.15, -0.1) is 0 Å². The number of nitrogens with one attached hydrogen (secondary N) is 1. The van der Waals surface area contributed by atoms with Crippen LogP contribution in [0.15, 0.2) is 23.8 Å². The molecule has 0 aliphatic carbocycles. The number of carbonyl (C=O) groups excluding carboxylic acids is 2. The van der Waals surface area contributed by atoms with Crippen LogP contribution in [0.1, 0.15) is 25.1 Å². The second kappa shape index (κ2) is 6.51. The molecule has 2 heterocycles. The maximum absolute atomic E-state index is 12.3. The molecule has 1 aliphatic rings. The highest BCUT2D eigenvalue weighted by molar-refractivity contribution is 6.02. The zero-order valence-corrected chi connectivity index (χ0v) is 14.4. The Morgan fingerprint density at radius 3 is 2.72 bits per heavy atom. The van der Waals surface area contributed by atoms with E-state index in [1.807, 2.05) is 12.1 Å². The first kappa shape index (κ1) is 16.9. The summed E-state index contributed by atoms with van der Waals surface area (Å²) in [5.41, 5.74) is 2.12. The molecule has 132 valence electrons. The van der Waals surface area contributed by atoms with E-state index in [-0.39, 0.29) is 36.8 Å². The van der Waals surface area contributed by atoms with Crippen LogP contribution in [-0.2, 0) is 16.1 Å². The van der Waals surface area contributed by atoms with Crippen molar-refractivity contribution in [3.05, 3.63) is 35.0 Å². The van der Waals surface area contributed by atoms with Gasteiger partial charge in [0.1, 0.15) is 11.5 Å². The smallest absolute Gasteiger partial charge is 0.410 e. The van der Waals surface area contributed by atoms with Crippen molar-refractivity contribution in [2.75, 3.05) is 20.3 Å². The highest BCUT2D eigenvalue weighted by atomic mass is 16.6. The largest absolute Gasteiger partial charge is 0.505 e. The minimum Gasteiger partial charge on any atom is -0.505 e. The number of Topliss-reactive ketones (excluding diaryl/α,β-unsaturated/α-hetero) is 1. The van der Waals surface area contributed by atoms with Gasteiger partial charge in [0.2, 0.25) is 0 Å². The first-order chi connectivity index (χ1) is 12.0. The lowest BCUT2D eigenvalue weighted by atomic mass is 10.1. The minimum absolute atomic E-state index is 0.00597. The fourth-order valence-electron chi connectivity index (χ4n) is 3.01. The standard InChI is InChI=1S/C18H20N2O5/c1-4-25-18(23)20-8-13(10(2)21)17(22)16-14(9-20)12-7-11(24-3)5-6-15(12)19-16/h5-7,19,22H,4,8-9H2,1-3H3. The average Bonchev–Trinajstić information content (AvgIpc) is 2.87. The molecule has 1 amide bonds. The number of amides is 1. The van der Waals surface area contributed by atoms with E-state index in [0.29, 0.717) is 11.4 Å². The lowest BCUT2D eigenvalue weighted by molar-refractivity contribution is -0.113. The summed E-state index contributed by atoms with van der Waals surface area (Å²) in [5, 5.41) is 11.5. The Morgan fingerprint density at radius 2 is 2.08 bits per heavy atom. The number of ether oxygens (including phenoxy) is 2. The molecule has 0 saturated carbocycles. The quantitative estimate of drug-likeness (QED) is 0.893. The van der Waals surface area contributed by atoms with Crippen molar-refractivity contribution in [1.82, 2.24) is 9.88 Å². The third kappa shape index (κ3) is 2.93. The minimum atomic E-state index is -0.529. The van der Waals surface area contributed by atoms with E-state index in [0.717, 1.165) is 16.5 Å². The normalized spacial score (nSPS) is 14.3. The predicted octanol–water partition coefficient (Wildman–Crippen LogP) is 3.01. The molecule has 0 spiro atoms. The number of ketones is 1. The first-order valence-corrected chi connectivity index (χ1v) is 8.00. The molecule has 1 aliphatic heterocycles. The summed E-state index contributed by atoms with van der Waals surface area (Å²) in [6, 6.07) is 5.46. The number of carbonyl (C=O) groups is 2. The van der Waals surface area contributed by atoms with Crippen LogP contribution in [0.4, 0.5) is 4.79 Å². The third-order valence-corrected chi connectivity index (χ3v) is 4.28. The average molecular weight is 344 g/mol. The zero-order valence-electron chi connectivity index (χ0n) is 14.4. The van der Waals surface area contributed by atoms with Gasteiger partial charge in [-0.05, 0) is 32.0 Å². The van der Waals surface area contributed by atoms with Crippen molar-refractivity contribution in [3.8, 4) is 5.75 Å². The number of hydrogen-bond acceptors (Lipinski definition) is 5. The van der Waals surface area contributed by atoms with E-state index < -0.39 is 6.09 Å². The maximum atomic E-state index is 12.3. The van der Waals surface area contributed by atoms with Gasteiger partial charge in [0.05, 0.1) is 38.1 Å². The van der Waals surface area contributed by atoms with Crippen LogP contribution in [0.2, 0.25) is 0 Å². The van der Waals surface area contributed by atoms with Crippen molar-refractivity contribution in [2.45, 2.75) is 20.4 Å². The van der Waals surface area contributed by atoms with E-state index in [1.165, 1.54) is 11.8 Å². The fraction of sp³-hybridized carbons (Fsp3) is 0.333. The SMILES string of the molecule is CCOC(=O)N1CC(C(C)=O)=C(O)c2[nH]c3ccc(OC)cc3c2C1. The lowest BCUT2D eigenvalue weighted by Crippen LogP contribution is -2.33. The third-order valence-electron chi connectivity index (χ3n) is 4.28. The topological polar surface area (TPSA) is 91.9 Å². The summed E-state index contributed by atoms with van der Waals surface area (Å²) in [6.45, 7) is 3.52. The molecule has 3 rings (SSSR count). The molecule has 0 bridgehead atoms. The van der Waals surface area contributed by atoms with Crippen LogP contribution in [0, 0.1) is 0 Å². The van der Waals surface area contributed by atoms with Gasteiger partial charge in [-0.25, -0.2) is 4.79 Å². The number of aromatic amines is 1. The van der Waals surface area contributed by atoms with Crippen molar-refractivity contribution in [2.24, 2.45) is 0 Å². The zero-order chi connectivity index (χ0) is 18.1. The number of aliphatic hydroxyl groups excluding tert-OH is 1. The molecule has 0 atom stereocenters. The Balaban J connectivity index is 2.21. The van der Waals surface area contributed by atoms with Gasteiger partial charge in [-0.1, -0.05) is 0 Å². The number of rotatable bonds is 3. The second-order valence-electron chi connectivity index (χ2n) is 5.83. The number of H-pyrrole nitrogens is 1. The number of aliphatic hydroxyl groups is 1. The highest BCUT2D eigenvalue weighted by Crippen LogP contribution is 2.34. The molecule has 1 aromatic carbocycles. The number of fused-ring (bicyclic) bond motifs is 3. The Morgan fingerprint density at radius 1 is 1.32 bits per heavy atom.